The van der Waals surface area contributed by atoms with Crippen LogP contribution >= 0.6 is 11.6 Å². The fourth-order valence-corrected chi connectivity index (χ4v) is 4.56. The molecule has 10 heteroatoms. The summed E-state index contributed by atoms with van der Waals surface area (Å²) in [4.78, 5) is 26.7. The number of sulfonamides is 1. The third kappa shape index (κ3) is 3.25. The van der Waals surface area contributed by atoms with Crippen molar-refractivity contribution in [2.75, 3.05) is 9.62 Å². The number of anilines is 2. The third-order valence-electron chi connectivity index (χ3n) is 4.83. The van der Waals surface area contributed by atoms with Crippen molar-refractivity contribution in [3.8, 4) is 0 Å². The number of imide groups is 1. The number of amides is 2. The van der Waals surface area contributed by atoms with E-state index in [9.17, 15) is 18.0 Å². The highest BCUT2D eigenvalue weighted by molar-refractivity contribution is 7.92. The topological polar surface area (TPSA) is 112 Å². The van der Waals surface area contributed by atoms with Gasteiger partial charge in [0.05, 0.1) is 38.6 Å². The van der Waals surface area contributed by atoms with Crippen LogP contribution in [-0.2, 0) is 10.0 Å². The van der Waals surface area contributed by atoms with Crippen LogP contribution in [0.3, 0.4) is 0 Å². The first-order chi connectivity index (χ1) is 14.2. The molecule has 0 bridgehead atoms. The van der Waals surface area contributed by atoms with E-state index in [1.807, 2.05) is 13.8 Å². The molecule has 0 saturated heterocycles. The number of aromatic amines is 1. The maximum atomic E-state index is 13.0. The lowest BCUT2D eigenvalue weighted by molar-refractivity contribution is 0.0926. The molecule has 1 aliphatic heterocycles. The van der Waals surface area contributed by atoms with Gasteiger partial charge in [-0.05, 0) is 35.7 Å². The molecule has 154 valence electrons. The summed E-state index contributed by atoms with van der Waals surface area (Å²) in [7, 11) is -4.00. The van der Waals surface area contributed by atoms with Crippen molar-refractivity contribution in [3.63, 3.8) is 0 Å². The summed E-state index contributed by atoms with van der Waals surface area (Å²) < 4.78 is 28.2. The van der Waals surface area contributed by atoms with Gasteiger partial charge in [-0.25, -0.2) is 13.3 Å². The quantitative estimate of drug-likeness (QED) is 0.581. The number of nitrogens with zero attached hydrogens (tertiary/aromatic N) is 2. The number of nitrogens with one attached hydrogen (secondary N) is 2. The van der Waals surface area contributed by atoms with E-state index < -0.39 is 21.8 Å². The molecule has 8 nitrogen and oxygen atoms in total. The van der Waals surface area contributed by atoms with Crippen molar-refractivity contribution >= 4 is 44.8 Å². The molecule has 30 heavy (non-hydrogen) atoms. The number of benzene rings is 2. The van der Waals surface area contributed by atoms with E-state index in [-0.39, 0.29) is 38.3 Å². The van der Waals surface area contributed by atoms with E-state index in [0.29, 0.717) is 0 Å². The molecular formula is C20H17ClN4O4S. The monoisotopic (exact) mass is 444 g/mol. The number of carbonyl (C=O) groups is 2. The second-order valence-electron chi connectivity index (χ2n) is 7.08. The second kappa shape index (κ2) is 7.26. The van der Waals surface area contributed by atoms with Crippen molar-refractivity contribution in [3.05, 3.63) is 70.5 Å². The highest BCUT2D eigenvalue weighted by Gasteiger charge is 2.41. The Kier molecular flexibility index (Phi) is 4.87. The van der Waals surface area contributed by atoms with Crippen molar-refractivity contribution in [2.45, 2.75) is 24.7 Å². The molecule has 2 aromatic carbocycles. The Morgan fingerprint density at radius 2 is 1.70 bits per heavy atom. The molecular weight excluding hydrogens is 428 g/mol. The van der Waals surface area contributed by atoms with E-state index in [2.05, 4.69) is 14.9 Å². The number of hydrogen-bond acceptors (Lipinski definition) is 5. The van der Waals surface area contributed by atoms with E-state index in [1.165, 1.54) is 36.7 Å². The summed E-state index contributed by atoms with van der Waals surface area (Å²) in [6.07, 6.45) is 2.70. The largest absolute Gasteiger partial charge is 0.284 e. The van der Waals surface area contributed by atoms with Gasteiger partial charge in [0.15, 0.2) is 0 Å². The highest BCUT2D eigenvalue weighted by Crippen LogP contribution is 2.37. The predicted molar refractivity (Wildman–Crippen MR) is 113 cm³/mol. The standard InChI is InChI=1S/C20H17ClN4O4S/c1-11(2)12-3-5-14(6-4-12)30(28,29)24-16-8-7-15(21)17-18(16)20(27)25(19(17)26)13-9-22-23-10-13/h3-11,24H,1-2H3,(H,22,23). The molecule has 0 spiro atoms. The lowest BCUT2D eigenvalue weighted by atomic mass is 10.0. The van der Waals surface area contributed by atoms with Crippen molar-refractivity contribution in [1.82, 2.24) is 10.2 Å². The van der Waals surface area contributed by atoms with Gasteiger partial charge in [-0.3, -0.25) is 19.4 Å². The van der Waals surface area contributed by atoms with E-state index >= 15 is 0 Å². The first-order valence-electron chi connectivity index (χ1n) is 9.03. The Balaban J connectivity index is 1.74. The molecule has 0 fully saturated rings. The first-order valence-corrected chi connectivity index (χ1v) is 10.9. The number of H-pyrrole nitrogens is 1. The van der Waals surface area contributed by atoms with Gasteiger partial charge in [0.1, 0.15) is 0 Å². The molecule has 0 saturated carbocycles. The summed E-state index contributed by atoms with van der Waals surface area (Å²) in [6, 6.07) is 9.22. The minimum Gasteiger partial charge on any atom is -0.284 e. The zero-order valence-corrected chi connectivity index (χ0v) is 17.6. The Morgan fingerprint density at radius 1 is 1.03 bits per heavy atom. The summed E-state index contributed by atoms with van der Waals surface area (Å²) in [5.41, 5.74) is 1.05. The average molecular weight is 445 g/mol. The smallest absolute Gasteiger partial charge is 0.268 e. The first kappa shape index (κ1) is 20.1. The Labute approximate surface area is 177 Å². The minimum atomic E-state index is -4.00. The molecule has 1 aliphatic rings. The molecule has 2 amide bonds. The molecule has 3 aromatic rings. The highest BCUT2D eigenvalue weighted by atomic mass is 35.5. The predicted octanol–water partition coefficient (Wildman–Crippen LogP) is 3.79. The normalized spacial score (nSPS) is 13.8. The van der Waals surface area contributed by atoms with Crippen LogP contribution in [0.5, 0.6) is 0 Å². The average Bonchev–Trinajstić information content (AvgIpc) is 3.31. The summed E-state index contributed by atoms with van der Waals surface area (Å²) in [6.45, 7) is 4.01. The summed E-state index contributed by atoms with van der Waals surface area (Å²) >= 11 is 6.16. The summed E-state index contributed by atoms with van der Waals surface area (Å²) in [5.74, 6) is -1.08. The van der Waals surface area contributed by atoms with Gasteiger partial charge in [-0.2, -0.15) is 5.10 Å². The van der Waals surface area contributed by atoms with Gasteiger partial charge in [-0.1, -0.05) is 37.6 Å². The lowest BCUT2D eigenvalue weighted by Gasteiger charge is -2.13. The number of halogens is 1. The summed E-state index contributed by atoms with van der Waals surface area (Å²) in [5, 5.41) is 6.34. The minimum absolute atomic E-state index is 0.0216. The van der Waals surface area contributed by atoms with E-state index in [0.717, 1.165) is 10.5 Å². The van der Waals surface area contributed by atoms with Crippen LogP contribution in [0.25, 0.3) is 0 Å². The number of aromatic nitrogens is 2. The van der Waals surface area contributed by atoms with E-state index in [1.54, 1.807) is 12.1 Å². The molecule has 1 aromatic heterocycles. The third-order valence-corrected chi connectivity index (χ3v) is 6.53. The van der Waals surface area contributed by atoms with E-state index in [4.69, 9.17) is 11.6 Å². The Bertz CT molecular complexity index is 1250. The Morgan fingerprint density at radius 3 is 2.30 bits per heavy atom. The number of hydrogen-bond donors (Lipinski definition) is 2. The molecule has 0 radical (unpaired) electrons. The zero-order valence-electron chi connectivity index (χ0n) is 16.0. The number of rotatable bonds is 5. The van der Waals surface area contributed by atoms with Gasteiger partial charge in [-0.15, -0.1) is 0 Å². The van der Waals surface area contributed by atoms with Gasteiger partial charge < -0.3 is 0 Å². The van der Waals surface area contributed by atoms with Gasteiger partial charge in [0, 0.05) is 6.20 Å². The molecule has 2 heterocycles. The number of fused-ring (bicyclic) bond motifs is 1. The SMILES string of the molecule is CC(C)c1ccc(S(=O)(=O)Nc2ccc(Cl)c3c2C(=O)N(c2cn[nH]c2)C3=O)cc1. The molecule has 2 N–H and O–H groups in total. The fourth-order valence-electron chi connectivity index (χ4n) is 3.25. The lowest BCUT2D eigenvalue weighted by Crippen LogP contribution is -2.29. The zero-order chi connectivity index (χ0) is 21.6. The van der Waals surface area contributed by atoms with Gasteiger partial charge in [0.2, 0.25) is 0 Å². The van der Waals surface area contributed by atoms with Crippen LogP contribution in [0.1, 0.15) is 46.0 Å². The molecule has 0 aliphatic carbocycles. The van der Waals surface area contributed by atoms with Crippen LogP contribution in [0.2, 0.25) is 5.02 Å². The second-order valence-corrected chi connectivity index (χ2v) is 9.17. The molecule has 4 rings (SSSR count). The van der Waals surface area contributed by atoms with Crippen molar-refractivity contribution < 1.29 is 18.0 Å². The number of carbonyl (C=O) groups excluding carboxylic acids is 2. The van der Waals surface area contributed by atoms with Gasteiger partial charge >= 0.3 is 0 Å². The fraction of sp³-hybridized carbons (Fsp3) is 0.150. The maximum absolute atomic E-state index is 13.0. The van der Waals surface area contributed by atoms with Crippen LogP contribution in [0.15, 0.2) is 53.7 Å². The Hall–Kier alpha value is -3.17. The van der Waals surface area contributed by atoms with Gasteiger partial charge in [0.25, 0.3) is 21.8 Å². The molecule has 0 unspecified atom stereocenters. The van der Waals surface area contributed by atoms with Crippen LogP contribution in [-0.4, -0.2) is 30.4 Å². The maximum Gasteiger partial charge on any atom is 0.268 e. The van der Waals surface area contributed by atoms with Crippen molar-refractivity contribution in [1.29, 1.82) is 0 Å². The molecule has 0 atom stereocenters. The van der Waals surface area contributed by atoms with Crippen LogP contribution in [0.4, 0.5) is 11.4 Å². The van der Waals surface area contributed by atoms with Crippen LogP contribution in [0, 0.1) is 0 Å². The van der Waals surface area contributed by atoms with Crippen molar-refractivity contribution in [2.24, 2.45) is 0 Å². The van der Waals surface area contributed by atoms with Crippen LogP contribution < -0.4 is 9.62 Å².